The predicted molar refractivity (Wildman–Crippen MR) is 80.3 cm³/mol. The SMILES string of the molecule is [B]Cc1ccccc1CSC(/C=C\C=C)=C/C. The van der Waals surface area contributed by atoms with Gasteiger partial charge in [-0.1, -0.05) is 61.0 Å². The van der Waals surface area contributed by atoms with E-state index in [-0.39, 0.29) is 0 Å². The molecule has 0 nitrogen and oxygen atoms in total. The van der Waals surface area contributed by atoms with E-state index in [9.17, 15) is 0 Å². The second-order valence-electron chi connectivity index (χ2n) is 3.55. The lowest BCUT2D eigenvalue weighted by atomic mass is 9.94. The van der Waals surface area contributed by atoms with Crippen LogP contribution in [0.2, 0.25) is 0 Å². The van der Waals surface area contributed by atoms with Gasteiger partial charge in [0.05, 0.1) is 7.85 Å². The lowest BCUT2D eigenvalue weighted by Gasteiger charge is -2.07. The van der Waals surface area contributed by atoms with E-state index in [0.29, 0.717) is 6.32 Å². The summed E-state index contributed by atoms with van der Waals surface area (Å²) >= 11 is 1.82. The van der Waals surface area contributed by atoms with Crippen LogP contribution >= 0.6 is 11.8 Å². The smallest absolute Gasteiger partial charge is 0.0716 e. The highest BCUT2D eigenvalue weighted by molar-refractivity contribution is 8.02. The van der Waals surface area contributed by atoms with Crippen molar-refractivity contribution in [3.05, 3.63) is 71.2 Å². The van der Waals surface area contributed by atoms with E-state index in [1.807, 2.05) is 30.8 Å². The zero-order valence-corrected chi connectivity index (χ0v) is 11.0. The molecule has 0 N–H and O–H groups in total. The molecule has 86 valence electrons. The minimum atomic E-state index is 0.602. The topological polar surface area (TPSA) is 0 Å². The van der Waals surface area contributed by atoms with E-state index in [2.05, 4.69) is 36.9 Å². The van der Waals surface area contributed by atoms with E-state index in [4.69, 9.17) is 7.85 Å². The van der Waals surface area contributed by atoms with Crippen LogP contribution in [0.25, 0.3) is 0 Å². The summed E-state index contributed by atoms with van der Waals surface area (Å²) in [5.41, 5.74) is 2.54. The lowest BCUT2D eigenvalue weighted by Crippen LogP contribution is -1.91. The second-order valence-corrected chi connectivity index (χ2v) is 4.60. The molecule has 0 unspecified atom stereocenters. The van der Waals surface area contributed by atoms with E-state index >= 15 is 0 Å². The Balaban J connectivity index is 2.66. The molecule has 1 rings (SSSR count). The van der Waals surface area contributed by atoms with Crippen LogP contribution in [0.4, 0.5) is 0 Å². The van der Waals surface area contributed by atoms with Crippen LogP contribution in [0.15, 0.2) is 60.1 Å². The van der Waals surface area contributed by atoms with Crippen LogP contribution in [-0.4, -0.2) is 7.85 Å². The van der Waals surface area contributed by atoms with Gasteiger partial charge in [-0.2, -0.15) is 0 Å². The standard InChI is InChI=1S/C15H17BS/c1-3-5-10-15(4-2)17-12-14-9-7-6-8-13(14)11-16/h3-10H,1,11-12H2,2H3/b10-5-,15-4+. The van der Waals surface area contributed by atoms with Crippen molar-refractivity contribution in [3.8, 4) is 0 Å². The van der Waals surface area contributed by atoms with Crippen molar-refractivity contribution in [2.45, 2.75) is 19.0 Å². The summed E-state index contributed by atoms with van der Waals surface area (Å²) in [5.74, 6) is 0.953. The van der Waals surface area contributed by atoms with Gasteiger partial charge in [0.2, 0.25) is 0 Å². The number of rotatable bonds is 6. The molecule has 0 aromatic heterocycles. The molecule has 0 saturated carbocycles. The van der Waals surface area contributed by atoms with Gasteiger partial charge in [0.1, 0.15) is 0 Å². The van der Waals surface area contributed by atoms with Crippen LogP contribution in [0.5, 0.6) is 0 Å². The third kappa shape index (κ3) is 4.70. The first-order chi connectivity index (χ1) is 8.31. The zero-order valence-electron chi connectivity index (χ0n) is 10.2. The lowest BCUT2D eigenvalue weighted by molar-refractivity contribution is 1.27. The molecule has 2 heteroatoms. The van der Waals surface area contributed by atoms with Crippen LogP contribution in [0.3, 0.4) is 0 Å². The monoisotopic (exact) mass is 240 g/mol. The summed E-state index contributed by atoms with van der Waals surface area (Å²) in [5, 5.41) is 0. The van der Waals surface area contributed by atoms with Gasteiger partial charge in [-0.25, -0.2) is 0 Å². The fraction of sp³-hybridized carbons (Fsp3) is 0.200. The average Bonchev–Trinajstić information content (AvgIpc) is 2.39. The first kappa shape index (κ1) is 13.9. The van der Waals surface area contributed by atoms with Gasteiger partial charge < -0.3 is 0 Å². The summed E-state index contributed by atoms with van der Waals surface area (Å²) in [4.78, 5) is 1.25. The van der Waals surface area contributed by atoms with Crippen molar-refractivity contribution < 1.29 is 0 Å². The van der Waals surface area contributed by atoms with Gasteiger partial charge in [-0.3, -0.25) is 0 Å². The molecule has 0 spiro atoms. The third-order valence-electron chi connectivity index (χ3n) is 2.41. The second kappa shape index (κ2) is 8.02. The molecule has 1 aromatic carbocycles. The van der Waals surface area contributed by atoms with Crippen LogP contribution < -0.4 is 0 Å². The Morgan fingerprint density at radius 1 is 1.35 bits per heavy atom. The first-order valence-electron chi connectivity index (χ1n) is 5.67. The molecular weight excluding hydrogens is 223 g/mol. The van der Waals surface area contributed by atoms with Gasteiger partial charge in [0, 0.05) is 10.7 Å². The molecule has 0 saturated heterocycles. The first-order valence-corrected chi connectivity index (χ1v) is 6.65. The van der Waals surface area contributed by atoms with Crippen molar-refractivity contribution >= 4 is 19.6 Å². The Bertz CT molecular complexity index is 419. The summed E-state index contributed by atoms with van der Waals surface area (Å²) in [6, 6.07) is 8.32. The molecule has 0 aliphatic carbocycles. The van der Waals surface area contributed by atoms with Crippen LogP contribution in [0, 0.1) is 0 Å². The molecule has 1 aromatic rings. The molecule has 2 radical (unpaired) electrons. The van der Waals surface area contributed by atoms with Gasteiger partial charge in [0.25, 0.3) is 0 Å². The van der Waals surface area contributed by atoms with E-state index < -0.39 is 0 Å². The summed E-state index contributed by atoms with van der Waals surface area (Å²) in [6.07, 6.45) is 8.53. The van der Waals surface area contributed by atoms with Gasteiger partial charge in [-0.15, -0.1) is 11.8 Å². The summed E-state index contributed by atoms with van der Waals surface area (Å²) in [6.45, 7) is 5.72. The number of benzene rings is 1. The molecule has 0 heterocycles. The van der Waals surface area contributed by atoms with E-state index in [1.54, 1.807) is 6.08 Å². The number of hydrogen-bond acceptors (Lipinski definition) is 1. The highest BCUT2D eigenvalue weighted by Crippen LogP contribution is 2.24. The Labute approximate surface area is 110 Å². The predicted octanol–water partition coefficient (Wildman–Crippen LogP) is 4.23. The number of allylic oxidation sites excluding steroid dienone is 4. The Hall–Kier alpha value is -1.15. The maximum Gasteiger partial charge on any atom is 0.0716 e. The third-order valence-corrected chi connectivity index (χ3v) is 3.57. The highest BCUT2D eigenvalue weighted by atomic mass is 32.2. The molecule has 0 bridgehead atoms. The van der Waals surface area contributed by atoms with Crippen molar-refractivity contribution in [1.29, 1.82) is 0 Å². The molecule has 0 amide bonds. The highest BCUT2D eigenvalue weighted by Gasteiger charge is 2.00. The maximum atomic E-state index is 5.72. The van der Waals surface area contributed by atoms with Crippen molar-refractivity contribution in [3.63, 3.8) is 0 Å². The summed E-state index contributed by atoms with van der Waals surface area (Å²) < 4.78 is 0. The Morgan fingerprint density at radius 3 is 2.65 bits per heavy atom. The Morgan fingerprint density at radius 2 is 2.06 bits per heavy atom. The van der Waals surface area contributed by atoms with Crippen LogP contribution in [-0.2, 0) is 12.1 Å². The van der Waals surface area contributed by atoms with Crippen molar-refractivity contribution in [2.75, 3.05) is 0 Å². The molecular formula is C15H17BS. The average molecular weight is 240 g/mol. The Kier molecular flexibility index (Phi) is 6.57. The van der Waals surface area contributed by atoms with E-state index in [0.717, 1.165) is 5.75 Å². The molecule has 0 aliphatic heterocycles. The minimum absolute atomic E-state index is 0.602. The molecule has 0 fully saturated rings. The fourth-order valence-corrected chi connectivity index (χ4v) is 2.39. The van der Waals surface area contributed by atoms with Crippen molar-refractivity contribution in [1.82, 2.24) is 0 Å². The number of hydrogen-bond donors (Lipinski definition) is 0. The van der Waals surface area contributed by atoms with Gasteiger partial charge >= 0.3 is 0 Å². The van der Waals surface area contributed by atoms with Gasteiger partial charge in [-0.05, 0) is 18.6 Å². The largest absolute Gasteiger partial charge is 0.122 e. The fourth-order valence-electron chi connectivity index (χ4n) is 1.45. The maximum absolute atomic E-state index is 5.72. The molecule has 0 aliphatic rings. The van der Waals surface area contributed by atoms with Crippen molar-refractivity contribution in [2.24, 2.45) is 0 Å². The quantitative estimate of drug-likeness (QED) is 0.529. The molecule has 17 heavy (non-hydrogen) atoms. The van der Waals surface area contributed by atoms with Gasteiger partial charge in [0.15, 0.2) is 0 Å². The molecule has 0 atom stereocenters. The van der Waals surface area contributed by atoms with Crippen LogP contribution in [0.1, 0.15) is 18.1 Å². The number of thioether (sulfide) groups is 1. The minimum Gasteiger partial charge on any atom is -0.122 e. The zero-order chi connectivity index (χ0) is 12.5. The summed E-state index contributed by atoms with van der Waals surface area (Å²) in [7, 11) is 5.72. The normalized spacial score (nSPS) is 11.9. The van der Waals surface area contributed by atoms with E-state index in [1.165, 1.54) is 16.0 Å².